The maximum Gasteiger partial charge on any atom is 0.0678 e. The van der Waals surface area contributed by atoms with Gasteiger partial charge >= 0.3 is 0 Å². The van der Waals surface area contributed by atoms with E-state index in [1.54, 1.807) is 0 Å². The quantitative estimate of drug-likeness (QED) is 0.537. The van der Waals surface area contributed by atoms with Crippen LogP contribution in [-0.4, -0.2) is 21.5 Å². The summed E-state index contributed by atoms with van der Waals surface area (Å²) in [4.78, 5) is 0. The van der Waals surface area contributed by atoms with E-state index < -0.39 is 0 Å². The third-order valence-electron chi connectivity index (χ3n) is 1.45. The van der Waals surface area contributed by atoms with Crippen molar-refractivity contribution in [2.24, 2.45) is 0 Å². The first-order valence-corrected chi connectivity index (χ1v) is 4.44. The van der Waals surface area contributed by atoms with Gasteiger partial charge in [0.25, 0.3) is 0 Å². The highest BCUT2D eigenvalue weighted by atomic mass is 35.5. The molecule has 0 heterocycles. The molecule has 0 aromatic rings. The van der Waals surface area contributed by atoms with Gasteiger partial charge in [-0.25, -0.2) is 0 Å². The van der Waals surface area contributed by atoms with E-state index in [0.717, 1.165) is 0 Å². The standard InChI is InChI=1S/C5H6Cl4/c6-2-1-3(7)5(9)4(2)8/h2-5H,1H2. The molecule has 0 amide bonds. The smallest absolute Gasteiger partial charge is 0.0678 e. The van der Waals surface area contributed by atoms with E-state index >= 15 is 0 Å². The first kappa shape index (κ1) is 8.26. The lowest BCUT2D eigenvalue weighted by molar-refractivity contribution is 0.901. The fourth-order valence-corrected chi connectivity index (χ4v) is 2.37. The lowest BCUT2D eigenvalue weighted by Crippen LogP contribution is -2.17. The molecule has 0 N–H and O–H groups in total. The minimum Gasteiger partial charge on any atom is -0.121 e. The normalized spacial score (nSPS) is 52.0. The molecule has 4 atom stereocenters. The third-order valence-corrected chi connectivity index (χ3v) is 3.88. The van der Waals surface area contributed by atoms with Crippen LogP contribution in [-0.2, 0) is 0 Å². The molecule has 0 aromatic heterocycles. The summed E-state index contributed by atoms with van der Waals surface area (Å²) < 4.78 is 0. The lowest BCUT2D eigenvalue weighted by atomic mass is 10.4. The molecule has 9 heavy (non-hydrogen) atoms. The topological polar surface area (TPSA) is 0 Å². The predicted molar refractivity (Wildman–Crippen MR) is 43.2 cm³/mol. The second-order valence-electron chi connectivity index (χ2n) is 2.16. The van der Waals surface area contributed by atoms with Crippen molar-refractivity contribution in [1.82, 2.24) is 0 Å². The zero-order valence-corrected chi connectivity index (χ0v) is 7.55. The highest BCUT2D eigenvalue weighted by molar-refractivity contribution is 6.39. The Morgan fingerprint density at radius 3 is 1.22 bits per heavy atom. The van der Waals surface area contributed by atoms with Crippen LogP contribution in [0.3, 0.4) is 0 Å². The van der Waals surface area contributed by atoms with E-state index in [1.807, 2.05) is 0 Å². The zero-order chi connectivity index (χ0) is 7.02. The second-order valence-corrected chi connectivity index (χ2v) is 4.29. The van der Waals surface area contributed by atoms with E-state index in [2.05, 4.69) is 0 Å². The Morgan fingerprint density at radius 1 is 0.778 bits per heavy atom. The Labute approximate surface area is 74.4 Å². The van der Waals surface area contributed by atoms with Gasteiger partial charge in [0.1, 0.15) is 0 Å². The van der Waals surface area contributed by atoms with Gasteiger partial charge in [0.2, 0.25) is 0 Å². The molecule has 1 aliphatic carbocycles. The molecule has 4 unspecified atom stereocenters. The lowest BCUT2D eigenvalue weighted by Gasteiger charge is -2.07. The summed E-state index contributed by atoms with van der Waals surface area (Å²) in [7, 11) is 0. The molecule has 4 heteroatoms. The number of rotatable bonds is 0. The molecule has 1 saturated carbocycles. The summed E-state index contributed by atoms with van der Waals surface area (Å²) in [6.07, 6.45) is 0.714. The molecule has 0 spiro atoms. The van der Waals surface area contributed by atoms with Crippen molar-refractivity contribution in [2.75, 3.05) is 0 Å². The maximum atomic E-state index is 5.76. The van der Waals surface area contributed by atoms with Crippen LogP contribution in [0.4, 0.5) is 0 Å². The number of halogens is 4. The van der Waals surface area contributed by atoms with Gasteiger partial charge in [-0.1, -0.05) is 0 Å². The molecular formula is C5H6Cl4. The molecule has 0 aromatic carbocycles. The van der Waals surface area contributed by atoms with Gasteiger partial charge in [-0.3, -0.25) is 0 Å². The van der Waals surface area contributed by atoms with E-state index in [4.69, 9.17) is 46.4 Å². The summed E-state index contributed by atoms with van der Waals surface area (Å²) in [6, 6.07) is 0. The van der Waals surface area contributed by atoms with E-state index in [1.165, 1.54) is 0 Å². The van der Waals surface area contributed by atoms with Gasteiger partial charge in [0.15, 0.2) is 0 Å². The Bertz CT molecular complexity index is 93.1. The van der Waals surface area contributed by atoms with E-state index in [0.29, 0.717) is 6.42 Å². The monoisotopic (exact) mass is 206 g/mol. The van der Waals surface area contributed by atoms with Gasteiger partial charge in [0.05, 0.1) is 21.5 Å². The van der Waals surface area contributed by atoms with Crippen molar-refractivity contribution < 1.29 is 0 Å². The summed E-state index contributed by atoms with van der Waals surface area (Å²) in [5, 5.41) is -0.458. The minimum absolute atomic E-state index is 0.0586. The van der Waals surface area contributed by atoms with Gasteiger partial charge < -0.3 is 0 Å². The van der Waals surface area contributed by atoms with Crippen molar-refractivity contribution in [1.29, 1.82) is 0 Å². The van der Waals surface area contributed by atoms with Gasteiger partial charge in [-0.2, -0.15) is 0 Å². The molecule has 0 bridgehead atoms. The first-order valence-electron chi connectivity index (χ1n) is 2.69. The number of hydrogen-bond acceptors (Lipinski definition) is 0. The van der Waals surface area contributed by atoms with Gasteiger partial charge in [-0.15, -0.1) is 46.4 Å². The maximum absolute atomic E-state index is 5.76. The molecule has 0 radical (unpaired) electrons. The fraction of sp³-hybridized carbons (Fsp3) is 1.00. The van der Waals surface area contributed by atoms with Crippen molar-refractivity contribution >= 4 is 46.4 Å². The summed E-state index contributed by atoms with van der Waals surface area (Å²) in [6.45, 7) is 0. The average Bonchev–Trinajstić information content (AvgIpc) is 1.98. The van der Waals surface area contributed by atoms with Crippen LogP contribution in [0, 0.1) is 0 Å². The molecule has 0 aliphatic heterocycles. The fourth-order valence-electron chi connectivity index (χ4n) is 0.874. The predicted octanol–water partition coefficient (Wildman–Crippen LogP) is 2.82. The van der Waals surface area contributed by atoms with Crippen LogP contribution in [0.1, 0.15) is 6.42 Å². The third kappa shape index (κ3) is 1.59. The van der Waals surface area contributed by atoms with Crippen LogP contribution >= 0.6 is 46.4 Å². The minimum atomic E-state index is -0.171. The second kappa shape index (κ2) is 3.04. The molecule has 1 fully saturated rings. The molecule has 54 valence electrons. The Balaban J connectivity index is 2.54. The summed E-state index contributed by atoms with van der Waals surface area (Å²) in [5.74, 6) is 0. The van der Waals surface area contributed by atoms with Crippen LogP contribution in [0.15, 0.2) is 0 Å². The van der Waals surface area contributed by atoms with Gasteiger partial charge in [-0.05, 0) is 6.42 Å². The molecule has 0 nitrogen and oxygen atoms in total. The Kier molecular flexibility index (Phi) is 2.79. The van der Waals surface area contributed by atoms with Crippen LogP contribution in [0.5, 0.6) is 0 Å². The average molecular weight is 208 g/mol. The SMILES string of the molecule is ClC1CC(Cl)C(Cl)C1Cl. The highest BCUT2D eigenvalue weighted by Gasteiger charge is 2.39. The molecule has 0 saturated heterocycles. The highest BCUT2D eigenvalue weighted by Crippen LogP contribution is 2.36. The largest absolute Gasteiger partial charge is 0.121 e. The molecule has 1 rings (SSSR count). The summed E-state index contributed by atoms with van der Waals surface area (Å²) in [5.41, 5.74) is 0. The van der Waals surface area contributed by atoms with E-state index in [-0.39, 0.29) is 21.5 Å². The number of hydrogen-bond donors (Lipinski definition) is 0. The van der Waals surface area contributed by atoms with Crippen LogP contribution in [0.25, 0.3) is 0 Å². The van der Waals surface area contributed by atoms with Gasteiger partial charge in [0, 0.05) is 0 Å². The van der Waals surface area contributed by atoms with Crippen LogP contribution < -0.4 is 0 Å². The molecule has 1 aliphatic rings. The van der Waals surface area contributed by atoms with E-state index in [9.17, 15) is 0 Å². The van der Waals surface area contributed by atoms with Crippen LogP contribution in [0.2, 0.25) is 0 Å². The van der Waals surface area contributed by atoms with Crippen molar-refractivity contribution in [3.05, 3.63) is 0 Å². The Morgan fingerprint density at radius 2 is 1.11 bits per heavy atom. The number of alkyl halides is 4. The summed E-state index contributed by atoms with van der Waals surface area (Å²) >= 11 is 23.0. The zero-order valence-electron chi connectivity index (χ0n) is 4.53. The first-order chi connectivity index (χ1) is 4.13. The van der Waals surface area contributed by atoms with Crippen molar-refractivity contribution in [2.45, 2.75) is 27.9 Å². The Hall–Kier alpha value is 1.16. The van der Waals surface area contributed by atoms with Crippen molar-refractivity contribution in [3.63, 3.8) is 0 Å². The van der Waals surface area contributed by atoms with Crippen molar-refractivity contribution in [3.8, 4) is 0 Å². The molecular weight excluding hydrogens is 202 g/mol.